The van der Waals surface area contributed by atoms with Crippen molar-refractivity contribution in [1.29, 1.82) is 0 Å². The number of amidine groups is 1. The molecule has 0 amide bonds. The lowest BCUT2D eigenvalue weighted by Crippen LogP contribution is -2.11. The van der Waals surface area contributed by atoms with Crippen molar-refractivity contribution in [1.82, 2.24) is 0 Å². The van der Waals surface area contributed by atoms with E-state index in [2.05, 4.69) is 45.9 Å². The SMILES string of the molecule is CC(C)c1cccc(C(C)C)c1N=C(N)c1cccs1. The molecule has 1 aromatic carbocycles. The van der Waals surface area contributed by atoms with Gasteiger partial charge in [0, 0.05) is 0 Å². The van der Waals surface area contributed by atoms with Gasteiger partial charge in [0.1, 0.15) is 5.84 Å². The van der Waals surface area contributed by atoms with Crippen molar-refractivity contribution in [2.75, 3.05) is 0 Å². The highest BCUT2D eigenvalue weighted by atomic mass is 32.1. The zero-order valence-electron chi connectivity index (χ0n) is 12.6. The summed E-state index contributed by atoms with van der Waals surface area (Å²) in [4.78, 5) is 5.77. The monoisotopic (exact) mass is 286 g/mol. The standard InChI is InChI=1S/C17H22N2S/c1-11(2)13-7-5-8-14(12(3)4)16(13)19-17(18)15-9-6-10-20-15/h5-12H,1-4H3,(H2,18,19). The van der Waals surface area contributed by atoms with Gasteiger partial charge in [-0.2, -0.15) is 0 Å². The van der Waals surface area contributed by atoms with Crippen LogP contribution in [0.15, 0.2) is 40.7 Å². The van der Waals surface area contributed by atoms with Crippen molar-refractivity contribution >= 4 is 22.9 Å². The zero-order chi connectivity index (χ0) is 14.7. The summed E-state index contributed by atoms with van der Waals surface area (Å²) >= 11 is 1.62. The first-order valence-electron chi connectivity index (χ1n) is 7.01. The molecular formula is C17H22N2S. The Hall–Kier alpha value is -1.61. The molecule has 2 aromatic rings. The number of thiophene rings is 1. The topological polar surface area (TPSA) is 38.4 Å². The summed E-state index contributed by atoms with van der Waals surface area (Å²) in [5.74, 6) is 1.47. The normalized spacial score (nSPS) is 12.4. The molecule has 3 heteroatoms. The first-order valence-corrected chi connectivity index (χ1v) is 7.89. The van der Waals surface area contributed by atoms with Crippen LogP contribution in [0.1, 0.15) is 55.5 Å². The van der Waals surface area contributed by atoms with Crippen LogP contribution < -0.4 is 5.73 Å². The predicted octanol–water partition coefficient (Wildman–Crippen LogP) is 5.03. The molecule has 0 atom stereocenters. The van der Waals surface area contributed by atoms with Gasteiger partial charge in [0.15, 0.2) is 0 Å². The van der Waals surface area contributed by atoms with E-state index in [0.29, 0.717) is 17.7 Å². The molecule has 2 N–H and O–H groups in total. The van der Waals surface area contributed by atoms with E-state index in [1.807, 2.05) is 17.5 Å². The molecule has 0 radical (unpaired) electrons. The van der Waals surface area contributed by atoms with E-state index >= 15 is 0 Å². The van der Waals surface area contributed by atoms with Crippen molar-refractivity contribution in [3.8, 4) is 0 Å². The Balaban J connectivity index is 2.56. The fraction of sp³-hybridized carbons (Fsp3) is 0.353. The van der Waals surface area contributed by atoms with E-state index in [9.17, 15) is 0 Å². The number of nitrogens with zero attached hydrogens (tertiary/aromatic N) is 1. The van der Waals surface area contributed by atoms with Gasteiger partial charge in [-0.1, -0.05) is 52.0 Å². The number of aliphatic imine (C=N–C) groups is 1. The van der Waals surface area contributed by atoms with Gasteiger partial charge in [0.05, 0.1) is 10.6 Å². The van der Waals surface area contributed by atoms with Gasteiger partial charge in [0.2, 0.25) is 0 Å². The van der Waals surface area contributed by atoms with Crippen LogP contribution >= 0.6 is 11.3 Å². The highest BCUT2D eigenvalue weighted by Gasteiger charge is 2.14. The molecule has 0 aliphatic carbocycles. The fourth-order valence-corrected chi connectivity index (χ4v) is 2.87. The highest BCUT2D eigenvalue weighted by molar-refractivity contribution is 7.12. The Morgan fingerprint density at radius 3 is 2.05 bits per heavy atom. The largest absolute Gasteiger partial charge is 0.383 e. The Labute approximate surface area is 125 Å². The number of hydrogen-bond acceptors (Lipinski definition) is 2. The first kappa shape index (κ1) is 14.8. The second kappa shape index (κ2) is 6.23. The number of nitrogens with two attached hydrogens (primary N) is 1. The van der Waals surface area contributed by atoms with Crippen LogP contribution in [0, 0.1) is 0 Å². The quantitative estimate of drug-likeness (QED) is 0.621. The maximum absolute atomic E-state index is 6.17. The molecule has 0 spiro atoms. The average Bonchev–Trinajstić information content (AvgIpc) is 2.92. The van der Waals surface area contributed by atoms with Crippen molar-refractivity contribution in [2.45, 2.75) is 39.5 Å². The lowest BCUT2D eigenvalue weighted by Gasteiger charge is -2.16. The molecule has 106 valence electrons. The molecule has 1 aromatic heterocycles. The second-order valence-electron chi connectivity index (χ2n) is 5.57. The summed E-state index contributed by atoms with van der Waals surface area (Å²) in [7, 11) is 0. The molecule has 2 nitrogen and oxygen atoms in total. The molecule has 1 heterocycles. The van der Waals surface area contributed by atoms with Crippen molar-refractivity contribution < 1.29 is 0 Å². The number of benzene rings is 1. The minimum absolute atomic E-state index is 0.434. The molecular weight excluding hydrogens is 264 g/mol. The molecule has 2 rings (SSSR count). The van der Waals surface area contributed by atoms with Crippen molar-refractivity contribution in [3.63, 3.8) is 0 Å². The van der Waals surface area contributed by atoms with Crippen molar-refractivity contribution in [3.05, 3.63) is 51.7 Å². The van der Waals surface area contributed by atoms with Gasteiger partial charge < -0.3 is 5.73 Å². The molecule has 0 saturated heterocycles. The van der Waals surface area contributed by atoms with Crippen LogP contribution in [-0.4, -0.2) is 5.84 Å². The molecule has 20 heavy (non-hydrogen) atoms. The van der Waals surface area contributed by atoms with Gasteiger partial charge in [-0.3, -0.25) is 0 Å². The Morgan fingerprint density at radius 2 is 1.60 bits per heavy atom. The van der Waals surface area contributed by atoms with Crippen LogP contribution in [0.4, 0.5) is 5.69 Å². The van der Waals surface area contributed by atoms with E-state index in [1.165, 1.54) is 11.1 Å². The molecule has 0 fully saturated rings. The van der Waals surface area contributed by atoms with Gasteiger partial charge >= 0.3 is 0 Å². The average molecular weight is 286 g/mol. The highest BCUT2D eigenvalue weighted by Crippen LogP contribution is 2.35. The minimum atomic E-state index is 0.434. The molecule has 0 unspecified atom stereocenters. The van der Waals surface area contributed by atoms with Crippen LogP contribution in [-0.2, 0) is 0 Å². The maximum Gasteiger partial charge on any atom is 0.141 e. The lowest BCUT2D eigenvalue weighted by atomic mass is 9.93. The lowest BCUT2D eigenvalue weighted by molar-refractivity contribution is 0.834. The first-order chi connectivity index (χ1) is 9.50. The summed E-state index contributed by atoms with van der Waals surface area (Å²) in [5.41, 5.74) is 9.73. The van der Waals surface area contributed by atoms with Crippen LogP contribution in [0.2, 0.25) is 0 Å². The van der Waals surface area contributed by atoms with Crippen LogP contribution in [0.5, 0.6) is 0 Å². The maximum atomic E-state index is 6.17. The number of rotatable bonds is 4. The predicted molar refractivity (Wildman–Crippen MR) is 89.3 cm³/mol. The summed E-state index contributed by atoms with van der Waals surface area (Å²) in [6.45, 7) is 8.78. The van der Waals surface area contributed by atoms with E-state index in [1.54, 1.807) is 11.3 Å². The summed E-state index contributed by atoms with van der Waals surface area (Å²) in [6, 6.07) is 10.4. The Morgan fingerprint density at radius 1 is 1.00 bits per heavy atom. The Kier molecular flexibility index (Phi) is 4.61. The zero-order valence-corrected chi connectivity index (χ0v) is 13.4. The molecule has 0 saturated carbocycles. The van der Waals surface area contributed by atoms with Crippen molar-refractivity contribution in [2.24, 2.45) is 10.7 Å². The third kappa shape index (κ3) is 3.10. The summed E-state index contributed by atoms with van der Waals surface area (Å²) in [6.07, 6.45) is 0. The van der Waals surface area contributed by atoms with Gasteiger partial charge in [-0.15, -0.1) is 11.3 Å². The van der Waals surface area contributed by atoms with Crippen LogP contribution in [0.25, 0.3) is 0 Å². The Bertz CT molecular complexity index is 569. The molecule has 0 aliphatic heterocycles. The summed E-state index contributed by atoms with van der Waals surface area (Å²) < 4.78 is 0. The molecule has 0 aliphatic rings. The number of hydrogen-bond donors (Lipinski definition) is 1. The smallest absolute Gasteiger partial charge is 0.141 e. The molecule has 0 bridgehead atoms. The minimum Gasteiger partial charge on any atom is -0.383 e. The fourth-order valence-electron chi connectivity index (χ4n) is 2.24. The third-order valence-corrected chi connectivity index (χ3v) is 4.24. The van der Waals surface area contributed by atoms with Gasteiger partial charge in [-0.25, -0.2) is 4.99 Å². The number of para-hydroxylation sites is 1. The third-order valence-electron chi connectivity index (χ3n) is 3.35. The van der Waals surface area contributed by atoms with Crippen LogP contribution in [0.3, 0.4) is 0 Å². The van der Waals surface area contributed by atoms with E-state index < -0.39 is 0 Å². The van der Waals surface area contributed by atoms with E-state index in [0.717, 1.165) is 10.6 Å². The van der Waals surface area contributed by atoms with E-state index in [4.69, 9.17) is 10.7 Å². The van der Waals surface area contributed by atoms with Gasteiger partial charge in [0.25, 0.3) is 0 Å². The van der Waals surface area contributed by atoms with Gasteiger partial charge in [-0.05, 0) is 34.4 Å². The summed E-state index contributed by atoms with van der Waals surface area (Å²) in [5, 5.41) is 2.02. The second-order valence-corrected chi connectivity index (χ2v) is 6.52. The van der Waals surface area contributed by atoms with E-state index in [-0.39, 0.29) is 0 Å².